The molecule has 2 aromatic carbocycles. The van der Waals surface area contributed by atoms with Gasteiger partial charge in [0, 0.05) is 6.08 Å². The smallest absolute Gasteiger partial charge is 0.387 e. The Morgan fingerprint density at radius 3 is 2.60 bits per heavy atom. The van der Waals surface area contributed by atoms with Gasteiger partial charge in [-0.15, -0.1) is 0 Å². The second-order valence-corrected chi connectivity index (χ2v) is 6.18. The molecule has 0 saturated carbocycles. The second kappa shape index (κ2) is 10.8. The van der Waals surface area contributed by atoms with Crippen molar-refractivity contribution in [1.29, 1.82) is 0 Å². The second-order valence-electron chi connectivity index (χ2n) is 6.18. The van der Waals surface area contributed by atoms with Crippen LogP contribution < -0.4 is 25.3 Å². The predicted molar refractivity (Wildman–Crippen MR) is 106 cm³/mol. The molecule has 2 aromatic rings. The van der Waals surface area contributed by atoms with E-state index in [0.717, 1.165) is 0 Å². The quantitative estimate of drug-likeness (QED) is 0.576. The fourth-order valence-electron chi connectivity index (χ4n) is 2.53. The summed E-state index contributed by atoms with van der Waals surface area (Å²) in [6.07, 6.45) is 2.90. The lowest BCUT2D eigenvalue weighted by Gasteiger charge is -2.14. The average molecular weight is 420 g/mol. The maximum atomic E-state index is 12.3. The van der Waals surface area contributed by atoms with E-state index >= 15 is 0 Å². The third-order valence-electron chi connectivity index (χ3n) is 3.93. The third-order valence-corrected chi connectivity index (χ3v) is 3.93. The zero-order valence-electron chi connectivity index (χ0n) is 16.4. The summed E-state index contributed by atoms with van der Waals surface area (Å²) in [5.74, 6) is -0.251. The first-order valence-corrected chi connectivity index (χ1v) is 8.91. The minimum Gasteiger partial charge on any atom is -0.493 e. The highest BCUT2D eigenvalue weighted by atomic mass is 19.3. The van der Waals surface area contributed by atoms with E-state index in [2.05, 4.69) is 10.1 Å². The lowest BCUT2D eigenvalue weighted by Crippen LogP contribution is -2.24. The van der Waals surface area contributed by atoms with Crippen LogP contribution in [0.5, 0.6) is 17.2 Å². The number of halogens is 2. The van der Waals surface area contributed by atoms with Crippen molar-refractivity contribution in [2.24, 2.45) is 5.73 Å². The summed E-state index contributed by atoms with van der Waals surface area (Å²) in [7, 11) is 1.44. The number of benzene rings is 2. The number of amides is 2. The van der Waals surface area contributed by atoms with E-state index in [9.17, 15) is 18.4 Å². The minimum absolute atomic E-state index is 0.0184. The predicted octanol–water partition coefficient (Wildman–Crippen LogP) is 3.05. The number of ether oxygens (including phenoxy) is 3. The monoisotopic (exact) mass is 420 g/mol. The van der Waals surface area contributed by atoms with Crippen LogP contribution in [0.4, 0.5) is 8.78 Å². The SMILES string of the molecule is COc1cc(C=CC(=O)NC(C)c2cccc(OC(F)F)c2)ccc1OCC(N)=O. The van der Waals surface area contributed by atoms with Gasteiger partial charge in [0.1, 0.15) is 5.75 Å². The van der Waals surface area contributed by atoms with E-state index in [4.69, 9.17) is 15.2 Å². The number of nitrogens with one attached hydrogen (secondary N) is 1. The van der Waals surface area contributed by atoms with Gasteiger partial charge in [0.25, 0.3) is 5.91 Å². The average Bonchev–Trinajstić information content (AvgIpc) is 2.70. The van der Waals surface area contributed by atoms with Gasteiger partial charge in [-0.25, -0.2) is 0 Å². The first-order chi connectivity index (χ1) is 14.3. The first kappa shape index (κ1) is 22.7. The molecule has 0 aliphatic rings. The van der Waals surface area contributed by atoms with Gasteiger partial charge >= 0.3 is 6.61 Å². The Balaban J connectivity index is 2.01. The summed E-state index contributed by atoms with van der Waals surface area (Å²) < 4.78 is 39.5. The third kappa shape index (κ3) is 7.08. The molecule has 2 rings (SSSR count). The van der Waals surface area contributed by atoms with E-state index in [1.54, 1.807) is 43.3 Å². The van der Waals surface area contributed by atoms with Gasteiger partial charge < -0.3 is 25.3 Å². The van der Waals surface area contributed by atoms with E-state index in [0.29, 0.717) is 22.6 Å². The van der Waals surface area contributed by atoms with Gasteiger partial charge in [0.05, 0.1) is 13.2 Å². The molecule has 7 nitrogen and oxygen atoms in total. The van der Waals surface area contributed by atoms with Gasteiger partial charge in [0.2, 0.25) is 5.91 Å². The van der Waals surface area contributed by atoms with Crippen molar-refractivity contribution >= 4 is 17.9 Å². The molecule has 30 heavy (non-hydrogen) atoms. The molecule has 9 heteroatoms. The summed E-state index contributed by atoms with van der Waals surface area (Å²) in [5.41, 5.74) is 6.33. The molecule has 0 spiro atoms. The zero-order valence-corrected chi connectivity index (χ0v) is 16.4. The maximum absolute atomic E-state index is 12.3. The van der Waals surface area contributed by atoms with E-state index < -0.39 is 18.6 Å². The van der Waals surface area contributed by atoms with Crippen LogP contribution in [0, 0.1) is 0 Å². The molecule has 2 amide bonds. The zero-order chi connectivity index (χ0) is 22.1. The fourth-order valence-corrected chi connectivity index (χ4v) is 2.53. The summed E-state index contributed by atoms with van der Waals surface area (Å²) in [6, 6.07) is 10.6. The van der Waals surface area contributed by atoms with Crippen LogP contribution in [0.1, 0.15) is 24.1 Å². The highest BCUT2D eigenvalue weighted by Crippen LogP contribution is 2.28. The fraction of sp³-hybridized carbons (Fsp3) is 0.238. The molecule has 0 aliphatic heterocycles. The Kier molecular flexibility index (Phi) is 8.16. The Morgan fingerprint density at radius 1 is 1.17 bits per heavy atom. The number of primary amides is 1. The number of alkyl halides is 2. The van der Waals surface area contributed by atoms with E-state index in [-0.39, 0.29) is 18.3 Å². The van der Waals surface area contributed by atoms with Crippen LogP contribution in [0.15, 0.2) is 48.5 Å². The largest absolute Gasteiger partial charge is 0.493 e. The number of rotatable bonds is 10. The lowest BCUT2D eigenvalue weighted by atomic mass is 10.1. The number of methoxy groups -OCH3 is 1. The number of nitrogens with two attached hydrogens (primary N) is 1. The molecular weight excluding hydrogens is 398 g/mol. The maximum Gasteiger partial charge on any atom is 0.387 e. The van der Waals surface area contributed by atoms with Crippen LogP contribution in [-0.4, -0.2) is 32.1 Å². The molecular formula is C21H22F2N2O5. The number of hydrogen-bond donors (Lipinski definition) is 2. The Hall–Kier alpha value is -3.62. The van der Waals surface area contributed by atoms with Crippen molar-refractivity contribution in [3.8, 4) is 17.2 Å². The molecule has 3 N–H and O–H groups in total. The number of hydrogen-bond acceptors (Lipinski definition) is 5. The lowest BCUT2D eigenvalue weighted by molar-refractivity contribution is -0.120. The standard InChI is InChI=1S/C21H22F2N2O5/c1-13(15-4-3-5-16(11-15)30-21(22)23)25-20(27)9-7-14-6-8-17(18(10-14)28-2)29-12-19(24)26/h3-11,13,21H,12H2,1-2H3,(H2,24,26)(H,25,27). The molecule has 160 valence electrons. The Labute approximate surface area is 172 Å². The summed E-state index contributed by atoms with van der Waals surface area (Å²) in [5, 5.41) is 2.74. The van der Waals surface area contributed by atoms with E-state index in [1.807, 2.05) is 0 Å². The van der Waals surface area contributed by atoms with Crippen LogP contribution in [0.2, 0.25) is 0 Å². The summed E-state index contributed by atoms with van der Waals surface area (Å²) in [6.45, 7) is -1.48. The summed E-state index contributed by atoms with van der Waals surface area (Å²) in [4.78, 5) is 23.0. The molecule has 0 bridgehead atoms. The molecule has 1 unspecified atom stereocenters. The van der Waals surface area contributed by atoms with Gasteiger partial charge in [-0.05, 0) is 48.4 Å². The topological polar surface area (TPSA) is 99.9 Å². The molecule has 0 aliphatic carbocycles. The highest BCUT2D eigenvalue weighted by molar-refractivity contribution is 5.92. The van der Waals surface area contributed by atoms with Crippen molar-refractivity contribution < 1.29 is 32.6 Å². The van der Waals surface area contributed by atoms with Gasteiger partial charge in [0.15, 0.2) is 18.1 Å². The van der Waals surface area contributed by atoms with Crippen molar-refractivity contribution in [1.82, 2.24) is 5.32 Å². The molecule has 0 saturated heterocycles. The molecule has 1 atom stereocenters. The summed E-state index contributed by atoms with van der Waals surface area (Å²) >= 11 is 0. The van der Waals surface area contributed by atoms with Crippen LogP contribution in [0.25, 0.3) is 6.08 Å². The van der Waals surface area contributed by atoms with Crippen molar-refractivity contribution in [2.75, 3.05) is 13.7 Å². The van der Waals surface area contributed by atoms with Crippen molar-refractivity contribution in [3.05, 3.63) is 59.7 Å². The minimum atomic E-state index is -2.92. The highest BCUT2D eigenvalue weighted by Gasteiger charge is 2.11. The molecule has 0 aromatic heterocycles. The molecule has 0 radical (unpaired) electrons. The molecule has 0 heterocycles. The Bertz CT molecular complexity index is 918. The van der Waals surface area contributed by atoms with Crippen LogP contribution in [0.3, 0.4) is 0 Å². The van der Waals surface area contributed by atoms with Gasteiger partial charge in [-0.3, -0.25) is 9.59 Å². The van der Waals surface area contributed by atoms with Gasteiger partial charge in [-0.2, -0.15) is 8.78 Å². The number of carbonyl (C=O) groups excluding carboxylic acids is 2. The van der Waals surface area contributed by atoms with Crippen molar-refractivity contribution in [2.45, 2.75) is 19.6 Å². The van der Waals surface area contributed by atoms with Crippen molar-refractivity contribution in [3.63, 3.8) is 0 Å². The Morgan fingerprint density at radius 2 is 1.93 bits per heavy atom. The molecule has 0 fully saturated rings. The first-order valence-electron chi connectivity index (χ1n) is 8.91. The van der Waals surface area contributed by atoms with Crippen LogP contribution in [-0.2, 0) is 9.59 Å². The van der Waals surface area contributed by atoms with E-state index in [1.165, 1.54) is 25.3 Å². The normalized spacial score (nSPS) is 11.9. The van der Waals surface area contributed by atoms with Gasteiger partial charge in [-0.1, -0.05) is 18.2 Å². The number of carbonyl (C=O) groups is 2. The van der Waals surface area contributed by atoms with Crippen LogP contribution >= 0.6 is 0 Å².